The summed E-state index contributed by atoms with van der Waals surface area (Å²) in [6.07, 6.45) is 0.970. The third kappa shape index (κ3) is 5.44. The van der Waals surface area contributed by atoms with Crippen LogP contribution in [0.1, 0.15) is 44.4 Å². The highest BCUT2D eigenvalue weighted by molar-refractivity contribution is 5.43. The number of methoxy groups -OCH3 is 1. The van der Waals surface area contributed by atoms with Crippen LogP contribution in [0.2, 0.25) is 0 Å². The molecule has 5 heteroatoms. The largest absolute Gasteiger partial charge is 0.385 e. The second kappa shape index (κ2) is 7.52. The van der Waals surface area contributed by atoms with Gasteiger partial charge in [-0.3, -0.25) is 10.1 Å². The van der Waals surface area contributed by atoms with Gasteiger partial charge >= 0.3 is 0 Å². The Labute approximate surface area is 126 Å². The number of hydrogen-bond acceptors (Lipinski definition) is 4. The molecule has 5 nitrogen and oxygen atoms in total. The Balaban J connectivity index is 2.70. The molecule has 0 saturated heterocycles. The van der Waals surface area contributed by atoms with Crippen molar-refractivity contribution in [2.24, 2.45) is 5.41 Å². The molecule has 0 amide bonds. The molecule has 0 spiro atoms. The summed E-state index contributed by atoms with van der Waals surface area (Å²) in [6.45, 7) is 9.72. The summed E-state index contributed by atoms with van der Waals surface area (Å²) in [4.78, 5) is 10.7. The second-order valence-electron chi connectivity index (χ2n) is 6.31. The smallest absolute Gasteiger partial charge is 0.272 e. The number of rotatable bonds is 8. The van der Waals surface area contributed by atoms with Gasteiger partial charge in [0.05, 0.1) is 4.92 Å². The van der Waals surface area contributed by atoms with Gasteiger partial charge in [0.15, 0.2) is 0 Å². The van der Waals surface area contributed by atoms with Gasteiger partial charge in [-0.2, -0.15) is 0 Å². The molecule has 1 rings (SSSR count). The summed E-state index contributed by atoms with van der Waals surface area (Å²) in [5.41, 5.74) is 1.94. The van der Waals surface area contributed by atoms with Gasteiger partial charge in [-0.25, -0.2) is 0 Å². The fourth-order valence-electron chi connectivity index (χ4n) is 2.11. The summed E-state index contributed by atoms with van der Waals surface area (Å²) in [5.74, 6) is 0. The first-order valence-electron chi connectivity index (χ1n) is 7.24. The van der Waals surface area contributed by atoms with E-state index in [0.717, 1.165) is 25.1 Å². The van der Waals surface area contributed by atoms with E-state index in [1.165, 1.54) is 0 Å². The molecule has 0 fully saturated rings. The van der Waals surface area contributed by atoms with Crippen LogP contribution in [0.3, 0.4) is 0 Å². The number of hydrogen-bond donors (Lipinski definition) is 1. The van der Waals surface area contributed by atoms with E-state index in [-0.39, 0.29) is 22.1 Å². The Hall–Kier alpha value is -1.46. The van der Waals surface area contributed by atoms with Crippen molar-refractivity contribution in [1.29, 1.82) is 0 Å². The zero-order chi connectivity index (χ0) is 16.0. The summed E-state index contributed by atoms with van der Waals surface area (Å²) < 4.78 is 5.12. The van der Waals surface area contributed by atoms with Crippen molar-refractivity contribution in [2.75, 3.05) is 20.3 Å². The number of nitrogens with zero attached hydrogens (tertiary/aromatic N) is 1. The molecule has 0 aliphatic carbocycles. The van der Waals surface area contributed by atoms with Crippen LogP contribution in [0.5, 0.6) is 0 Å². The van der Waals surface area contributed by atoms with E-state index in [0.29, 0.717) is 5.56 Å². The van der Waals surface area contributed by atoms with Crippen LogP contribution in [0.4, 0.5) is 5.69 Å². The minimum Gasteiger partial charge on any atom is -0.385 e. The Morgan fingerprint density at radius 1 is 1.43 bits per heavy atom. The fraction of sp³-hybridized carbons (Fsp3) is 0.625. The molecular formula is C16H26N2O3. The molecular weight excluding hydrogens is 268 g/mol. The number of nitro groups is 1. The van der Waals surface area contributed by atoms with Crippen molar-refractivity contribution in [3.8, 4) is 0 Å². The Bertz CT molecular complexity index is 486. The third-order valence-corrected chi connectivity index (χ3v) is 3.80. The molecule has 0 aliphatic heterocycles. The molecule has 0 saturated carbocycles. The van der Waals surface area contributed by atoms with Crippen LogP contribution in [-0.4, -0.2) is 25.2 Å². The Morgan fingerprint density at radius 3 is 2.67 bits per heavy atom. The lowest BCUT2D eigenvalue weighted by atomic mass is 9.89. The number of benzene rings is 1. The lowest BCUT2D eigenvalue weighted by Gasteiger charge is -2.27. The van der Waals surface area contributed by atoms with Crippen LogP contribution in [-0.2, 0) is 4.74 Å². The highest BCUT2D eigenvalue weighted by Gasteiger charge is 2.20. The molecule has 0 aliphatic rings. The average molecular weight is 294 g/mol. The standard InChI is InChI=1S/C16H26N2O3/c1-12-6-7-14(10-15(12)18(19)20)13(2)17-11-16(3,4)8-9-21-5/h6-7,10,13,17H,8-9,11H2,1-5H3. The van der Waals surface area contributed by atoms with Crippen LogP contribution >= 0.6 is 0 Å². The van der Waals surface area contributed by atoms with E-state index in [9.17, 15) is 10.1 Å². The quantitative estimate of drug-likeness (QED) is 0.587. The van der Waals surface area contributed by atoms with Crippen molar-refractivity contribution in [2.45, 2.75) is 40.2 Å². The minimum atomic E-state index is -0.325. The van der Waals surface area contributed by atoms with E-state index in [1.807, 2.05) is 19.1 Å². The molecule has 1 aromatic carbocycles. The summed E-state index contributed by atoms with van der Waals surface area (Å²) in [6, 6.07) is 5.49. The van der Waals surface area contributed by atoms with Crippen molar-refractivity contribution in [3.05, 3.63) is 39.4 Å². The number of nitro benzene ring substituents is 1. The Kier molecular flexibility index (Phi) is 6.30. The van der Waals surface area contributed by atoms with Gasteiger partial charge in [0.25, 0.3) is 5.69 Å². The lowest BCUT2D eigenvalue weighted by molar-refractivity contribution is -0.385. The molecule has 0 heterocycles. The highest BCUT2D eigenvalue weighted by atomic mass is 16.6. The van der Waals surface area contributed by atoms with Crippen molar-refractivity contribution in [3.63, 3.8) is 0 Å². The van der Waals surface area contributed by atoms with Gasteiger partial charge in [0.1, 0.15) is 0 Å². The van der Waals surface area contributed by atoms with Gasteiger partial charge in [-0.1, -0.05) is 26.0 Å². The topological polar surface area (TPSA) is 64.4 Å². The summed E-state index contributed by atoms with van der Waals surface area (Å²) in [7, 11) is 1.71. The predicted molar refractivity (Wildman–Crippen MR) is 84.5 cm³/mol. The molecule has 0 radical (unpaired) electrons. The highest BCUT2D eigenvalue weighted by Crippen LogP contribution is 2.25. The SMILES string of the molecule is COCCC(C)(C)CNC(C)c1ccc(C)c([N+](=O)[O-])c1. The van der Waals surface area contributed by atoms with E-state index >= 15 is 0 Å². The first-order valence-corrected chi connectivity index (χ1v) is 7.24. The van der Waals surface area contributed by atoms with Crippen LogP contribution in [0, 0.1) is 22.5 Å². The van der Waals surface area contributed by atoms with Gasteiger partial charge < -0.3 is 10.1 Å². The average Bonchev–Trinajstić information content (AvgIpc) is 2.43. The number of nitrogens with one attached hydrogen (secondary N) is 1. The molecule has 21 heavy (non-hydrogen) atoms. The Morgan fingerprint density at radius 2 is 2.10 bits per heavy atom. The minimum absolute atomic E-state index is 0.0751. The van der Waals surface area contributed by atoms with Crippen molar-refractivity contribution in [1.82, 2.24) is 5.32 Å². The predicted octanol–water partition coefficient (Wildman–Crippen LogP) is 3.62. The van der Waals surface area contributed by atoms with Crippen LogP contribution in [0.25, 0.3) is 0 Å². The molecule has 0 aromatic heterocycles. The maximum atomic E-state index is 11.0. The zero-order valence-electron chi connectivity index (χ0n) is 13.6. The summed E-state index contributed by atoms with van der Waals surface area (Å²) >= 11 is 0. The van der Waals surface area contributed by atoms with Gasteiger partial charge in [-0.15, -0.1) is 0 Å². The number of aryl methyl sites for hydroxylation is 1. The van der Waals surface area contributed by atoms with E-state index < -0.39 is 0 Å². The summed E-state index contributed by atoms with van der Waals surface area (Å²) in [5, 5.41) is 14.5. The molecule has 1 aromatic rings. The second-order valence-corrected chi connectivity index (χ2v) is 6.31. The van der Waals surface area contributed by atoms with Crippen LogP contribution < -0.4 is 5.32 Å². The molecule has 1 unspecified atom stereocenters. The van der Waals surface area contributed by atoms with Crippen LogP contribution in [0.15, 0.2) is 18.2 Å². The number of ether oxygens (including phenoxy) is 1. The fourth-order valence-corrected chi connectivity index (χ4v) is 2.11. The van der Waals surface area contributed by atoms with Gasteiger partial charge in [0, 0.05) is 37.9 Å². The zero-order valence-corrected chi connectivity index (χ0v) is 13.6. The van der Waals surface area contributed by atoms with E-state index in [1.54, 1.807) is 20.1 Å². The molecule has 1 atom stereocenters. The van der Waals surface area contributed by atoms with E-state index in [4.69, 9.17) is 4.74 Å². The maximum absolute atomic E-state index is 11.0. The normalized spacial score (nSPS) is 13.2. The van der Waals surface area contributed by atoms with Gasteiger partial charge in [-0.05, 0) is 31.2 Å². The maximum Gasteiger partial charge on any atom is 0.272 e. The molecule has 1 N–H and O–H groups in total. The molecule has 118 valence electrons. The van der Waals surface area contributed by atoms with Gasteiger partial charge in [0.2, 0.25) is 0 Å². The first-order chi connectivity index (χ1) is 9.76. The third-order valence-electron chi connectivity index (χ3n) is 3.80. The monoisotopic (exact) mass is 294 g/mol. The van der Waals surface area contributed by atoms with Crippen molar-refractivity contribution < 1.29 is 9.66 Å². The first kappa shape index (κ1) is 17.6. The van der Waals surface area contributed by atoms with Crippen molar-refractivity contribution >= 4 is 5.69 Å². The molecule has 0 bridgehead atoms. The van der Waals surface area contributed by atoms with E-state index in [2.05, 4.69) is 19.2 Å². The lowest BCUT2D eigenvalue weighted by Crippen LogP contribution is -2.32.